The third-order valence-corrected chi connectivity index (χ3v) is 4.88. The van der Waals surface area contributed by atoms with Gasteiger partial charge < -0.3 is 5.32 Å². The number of hydrogen-bond donors (Lipinski definition) is 1. The molecule has 2 atom stereocenters. The summed E-state index contributed by atoms with van der Waals surface area (Å²) in [6.07, 6.45) is 0. The Hall–Kier alpha value is -0.250. The van der Waals surface area contributed by atoms with E-state index in [4.69, 9.17) is 34.8 Å². The Balaban J connectivity index is 2.13. The van der Waals surface area contributed by atoms with Crippen LogP contribution in [0.1, 0.15) is 37.1 Å². The maximum Gasteiger partial charge on any atom is 0.0991 e. The van der Waals surface area contributed by atoms with Gasteiger partial charge in [0.15, 0.2) is 0 Å². The fraction of sp³-hybridized carbons (Fsp3) is 0.286. The Morgan fingerprint density at radius 2 is 1.63 bits per heavy atom. The SMILES string of the molecule is CC(N[C@@H](C)c1ccccc1Cl)c1cc(Cl)sc1Cl. The van der Waals surface area contributed by atoms with E-state index in [-0.39, 0.29) is 12.1 Å². The van der Waals surface area contributed by atoms with Gasteiger partial charge >= 0.3 is 0 Å². The largest absolute Gasteiger partial charge is 0.304 e. The molecule has 19 heavy (non-hydrogen) atoms. The lowest BCUT2D eigenvalue weighted by atomic mass is 10.1. The Labute approximate surface area is 132 Å². The van der Waals surface area contributed by atoms with Gasteiger partial charge in [0.25, 0.3) is 0 Å². The zero-order valence-electron chi connectivity index (χ0n) is 10.6. The molecule has 2 aromatic rings. The van der Waals surface area contributed by atoms with Crippen LogP contribution in [0.4, 0.5) is 0 Å². The van der Waals surface area contributed by atoms with Crippen LogP contribution in [0.5, 0.6) is 0 Å². The van der Waals surface area contributed by atoms with E-state index in [2.05, 4.69) is 19.2 Å². The van der Waals surface area contributed by atoms with E-state index in [1.807, 2.05) is 30.3 Å². The second-order valence-electron chi connectivity index (χ2n) is 4.41. The molecular weight excluding hydrogens is 321 g/mol. The van der Waals surface area contributed by atoms with Crippen LogP contribution in [0, 0.1) is 0 Å². The Bertz CT molecular complexity index is 568. The van der Waals surface area contributed by atoms with Crippen molar-refractivity contribution in [3.8, 4) is 0 Å². The van der Waals surface area contributed by atoms with Crippen molar-refractivity contribution in [1.82, 2.24) is 5.32 Å². The topological polar surface area (TPSA) is 12.0 Å². The molecule has 0 saturated heterocycles. The molecule has 0 fully saturated rings. The predicted octanol–water partition coefficient (Wildman–Crippen LogP) is 6.12. The standard InChI is InChI=1S/C14H14Cl3NS/c1-8(10-5-3-4-6-12(10)15)18-9(2)11-7-13(16)19-14(11)17/h3-9,18H,1-2H3/t8-,9?/m0/s1. The van der Waals surface area contributed by atoms with Crippen LogP contribution in [0.25, 0.3) is 0 Å². The second-order valence-corrected chi connectivity index (χ2v) is 7.10. The molecule has 0 amide bonds. The highest BCUT2D eigenvalue weighted by Crippen LogP contribution is 2.36. The van der Waals surface area contributed by atoms with Crippen molar-refractivity contribution in [2.45, 2.75) is 25.9 Å². The maximum absolute atomic E-state index is 6.20. The van der Waals surface area contributed by atoms with Crippen LogP contribution in [0.15, 0.2) is 30.3 Å². The highest BCUT2D eigenvalue weighted by molar-refractivity contribution is 7.20. The molecule has 0 aliphatic heterocycles. The summed E-state index contributed by atoms with van der Waals surface area (Å²) in [6.45, 7) is 4.15. The van der Waals surface area contributed by atoms with Crippen LogP contribution < -0.4 is 5.32 Å². The molecule has 0 aliphatic carbocycles. The molecular formula is C14H14Cl3NS. The van der Waals surface area contributed by atoms with Crippen molar-refractivity contribution in [2.24, 2.45) is 0 Å². The van der Waals surface area contributed by atoms with Gasteiger partial charge in [0, 0.05) is 17.1 Å². The van der Waals surface area contributed by atoms with Gasteiger partial charge in [-0.25, -0.2) is 0 Å². The number of thiophene rings is 1. The summed E-state index contributed by atoms with van der Waals surface area (Å²) in [5.41, 5.74) is 2.10. The zero-order chi connectivity index (χ0) is 14.0. The van der Waals surface area contributed by atoms with Crippen molar-refractivity contribution in [3.63, 3.8) is 0 Å². The average molecular weight is 335 g/mol. The molecule has 1 nitrogen and oxygen atoms in total. The normalized spacial score (nSPS) is 14.4. The van der Waals surface area contributed by atoms with E-state index < -0.39 is 0 Å². The number of halogens is 3. The van der Waals surface area contributed by atoms with Gasteiger partial charge in [-0.3, -0.25) is 0 Å². The van der Waals surface area contributed by atoms with Crippen molar-refractivity contribution in [2.75, 3.05) is 0 Å². The quantitative estimate of drug-likeness (QED) is 0.710. The van der Waals surface area contributed by atoms with Crippen LogP contribution in [0.3, 0.4) is 0 Å². The summed E-state index contributed by atoms with van der Waals surface area (Å²) in [7, 11) is 0. The molecule has 1 N–H and O–H groups in total. The second kappa shape index (κ2) is 6.47. The van der Waals surface area contributed by atoms with Gasteiger partial charge in [-0.1, -0.05) is 53.0 Å². The van der Waals surface area contributed by atoms with Gasteiger partial charge in [0.1, 0.15) is 0 Å². The van der Waals surface area contributed by atoms with Gasteiger partial charge in [-0.05, 0) is 37.1 Å². The van der Waals surface area contributed by atoms with Crippen molar-refractivity contribution >= 4 is 46.1 Å². The summed E-state index contributed by atoms with van der Waals surface area (Å²) in [5, 5.41) is 4.25. The van der Waals surface area contributed by atoms with E-state index in [1.165, 1.54) is 11.3 Å². The van der Waals surface area contributed by atoms with E-state index in [0.717, 1.165) is 20.5 Å². The van der Waals surface area contributed by atoms with Crippen LogP contribution >= 0.6 is 46.1 Å². The summed E-state index contributed by atoms with van der Waals surface area (Å²) < 4.78 is 1.44. The molecule has 0 radical (unpaired) electrons. The van der Waals surface area contributed by atoms with Crippen LogP contribution in [-0.2, 0) is 0 Å². The fourth-order valence-electron chi connectivity index (χ4n) is 2.03. The summed E-state index contributed by atoms with van der Waals surface area (Å²) in [4.78, 5) is 0. The minimum atomic E-state index is 0.113. The first-order valence-electron chi connectivity index (χ1n) is 5.94. The van der Waals surface area contributed by atoms with E-state index >= 15 is 0 Å². The molecule has 1 heterocycles. The molecule has 1 aromatic heterocycles. The highest BCUT2D eigenvalue weighted by Gasteiger charge is 2.17. The van der Waals surface area contributed by atoms with Crippen molar-refractivity contribution in [1.29, 1.82) is 0 Å². The molecule has 0 saturated carbocycles. The number of benzene rings is 1. The Morgan fingerprint density at radius 1 is 1.00 bits per heavy atom. The summed E-state index contributed by atoms with van der Waals surface area (Å²) in [5.74, 6) is 0. The third kappa shape index (κ3) is 3.65. The predicted molar refractivity (Wildman–Crippen MR) is 85.8 cm³/mol. The van der Waals surface area contributed by atoms with Gasteiger partial charge in [-0.2, -0.15) is 0 Å². The summed E-state index contributed by atoms with van der Waals surface area (Å²) in [6, 6.07) is 9.99. The first kappa shape index (κ1) is 15.1. The lowest BCUT2D eigenvalue weighted by molar-refractivity contribution is 0.496. The molecule has 0 spiro atoms. The molecule has 0 bridgehead atoms. The van der Waals surface area contributed by atoms with E-state index in [1.54, 1.807) is 0 Å². The molecule has 1 unspecified atom stereocenters. The van der Waals surface area contributed by atoms with Crippen molar-refractivity contribution in [3.05, 3.63) is 55.2 Å². The molecule has 102 valence electrons. The fourth-order valence-corrected chi connectivity index (χ4v) is 3.97. The first-order chi connectivity index (χ1) is 8.99. The minimum Gasteiger partial charge on any atom is -0.304 e. The van der Waals surface area contributed by atoms with Crippen LogP contribution in [0.2, 0.25) is 13.7 Å². The number of hydrogen-bond acceptors (Lipinski definition) is 2. The lowest BCUT2D eigenvalue weighted by Crippen LogP contribution is -2.22. The molecule has 1 aromatic carbocycles. The molecule has 0 aliphatic rings. The van der Waals surface area contributed by atoms with E-state index in [0.29, 0.717) is 4.34 Å². The Kier molecular flexibility index (Phi) is 5.15. The Morgan fingerprint density at radius 3 is 2.21 bits per heavy atom. The molecule has 2 rings (SSSR count). The maximum atomic E-state index is 6.20. The average Bonchev–Trinajstić information content (AvgIpc) is 2.69. The van der Waals surface area contributed by atoms with Gasteiger partial charge in [0.05, 0.1) is 8.67 Å². The summed E-state index contributed by atoms with van der Waals surface area (Å²) >= 11 is 19.7. The number of nitrogens with one attached hydrogen (secondary N) is 1. The smallest absolute Gasteiger partial charge is 0.0991 e. The highest BCUT2D eigenvalue weighted by atomic mass is 35.5. The number of rotatable bonds is 4. The zero-order valence-corrected chi connectivity index (χ0v) is 13.7. The van der Waals surface area contributed by atoms with Gasteiger partial charge in [-0.15, -0.1) is 11.3 Å². The minimum absolute atomic E-state index is 0.113. The molecule has 5 heteroatoms. The first-order valence-corrected chi connectivity index (χ1v) is 7.89. The van der Waals surface area contributed by atoms with Gasteiger partial charge in [0.2, 0.25) is 0 Å². The monoisotopic (exact) mass is 333 g/mol. The van der Waals surface area contributed by atoms with E-state index in [9.17, 15) is 0 Å². The van der Waals surface area contributed by atoms with Crippen molar-refractivity contribution < 1.29 is 0 Å². The lowest BCUT2D eigenvalue weighted by Gasteiger charge is -2.21. The van der Waals surface area contributed by atoms with Crippen LogP contribution in [-0.4, -0.2) is 0 Å². The third-order valence-electron chi connectivity index (χ3n) is 3.02.